The third kappa shape index (κ3) is 3.43. The van der Waals surface area contributed by atoms with Crippen LogP contribution in [0.5, 0.6) is 0 Å². The molecule has 0 saturated carbocycles. The van der Waals surface area contributed by atoms with E-state index in [4.69, 9.17) is 5.11 Å². The fourth-order valence-electron chi connectivity index (χ4n) is 1.31. The van der Waals surface area contributed by atoms with Gasteiger partial charge in [0.05, 0.1) is 10.7 Å². The Morgan fingerprint density at radius 3 is 2.94 bits per heavy atom. The van der Waals surface area contributed by atoms with Crippen LogP contribution < -0.4 is 5.32 Å². The lowest BCUT2D eigenvalue weighted by atomic mass is 10.3. The van der Waals surface area contributed by atoms with Gasteiger partial charge in [-0.1, -0.05) is 13.0 Å². The lowest BCUT2D eigenvalue weighted by molar-refractivity contribution is 0.0701. The van der Waals surface area contributed by atoms with E-state index < -0.39 is 5.97 Å². The molecule has 0 radical (unpaired) electrons. The first-order valence-electron chi connectivity index (χ1n) is 5.22. The Bertz CT molecular complexity index is 374. The van der Waals surface area contributed by atoms with Gasteiger partial charge in [0.25, 0.3) is 0 Å². The van der Waals surface area contributed by atoms with Crippen molar-refractivity contribution in [2.75, 3.05) is 13.1 Å². The average molecular weight is 240 g/mol. The van der Waals surface area contributed by atoms with Crippen LogP contribution in [0, 0.1) is 0 Å². The Morgan fingerprint density at radius 2 is 2.44 bits per heavy atom. The molecular weight excluding hydrogens is 224 g/mol. The predicted octanol–water partition coefficient (Wildman–Crippen LogP) is 1.72. The number of carbonyl (C=O) groups is 1. The van der Waals surface area contributed by atoms with E-state index in [0.717, 1.165) is 24.5 Å². The summed E-state index contributed by atoms with van der Waals surface area (Å²) >= 11 is 1.27. The highest BCUT2D eigenvalue weighted by atomic mass is 32.1. The Hall–Kier alpha value is -1.20. The zero-order chi connectivity index (χ0) is 12.0. The van der Waals surface area contributed by atoms with Crippen molar-refractivity contribution in [3.63, 3.8) is 0 Å². The van der Waals surface area contributed by atoms with Crippen LogP contribution in [-0.2, 0) is 12.8 Å². The molecule has 0 atom stereocenters. The van der Waals surface area contributed by atoms with Gasteiger partial charge in [-0.2, -0.15) is 0 Å². The summed E-state index contributed by atoms with van der Waals surface area (Å²) in [7, 11) is 0. The van der Waals surface area contributed by atoms with Crippen molar-refractivity contribution < 1.29 is 9.90 Å². The lowest BCUT2D eigenvalue weighted by Gasteiger charge is -1.97. The third-order valence-corrected chi connectivity index (χ3v) is 3.22. The number of hydrogen-bond acceptors (Lipinski definition) is 4. The fourth-order valence-corrected chi connectivity index (χ4v) is 2.30. The molecule has 1 aromatic heterocycles. The normalized spacial score (nSPS) is 10.3. The largest absolute Gasteiger partial charge is 0.477 e. The molecule has 0 unspecified atom stereocenters. The number of hydrogen-bond donors (Lipinski definition) is 2. The first kappa shape index (κ1) is 12.9. The summed E-state index contributed by atoms with van der Waals surface area (Å²) in [6, 6.07) is 0. The average Bonchev–Trinajstić information content (AvgIpc) is 2.68. The molecule has 0 amide bonds. The van der Waals surface area contributed by atoms with Crippen molar-refractivity contribution in [2.45, 2.75) is 19.8 Å². The summed E-state index contributed by atoms with van der Waals surface area (Å²) in [5, 5.41) is 13.0. The molecule has 0 saturated heterocycles. The van der Waals surface area contributed by atoms with Crippen LogP contribution in [0.4, 0.5) is 0 Å². The van der Waals surface area contributed by atoms with Crippen LogP contribution in [0.1, 0.15) is 27.3 Å². The maximum atomic E-state index is 10.9. The van der Waals surface area contributed by atoms with E-state index in [2.05, 4.69) is 16.9 Å². The molecule has 0 aliphatic heterocycles. The quantitative estimate of drug-likeness (QED) is 0.563. The molecule has 88 valence electrons. The van der Waals surface area contributed by atoms with E-state index in [1.165, 1.54) is 11.3 Å². The molecule has 1 aromatic rings. The molecule has 0 aliphatic rings. The third-order valence-electron chi connectivity index (χ3n) is 2.08. The van der Waals surface area contributed by atoms with Gasteiger partial charge in [-0.3, -0.25) is 0 Å². The molecule has 0 spiro atoms. The van der Waals surface area contributed by atoms with Crippen molar-refractivity contribution in [3.05, 3.63) is 28.2 Å². The summed E-state index contributed by atoms with van der Waals surface area (Å²) in [6.45, 7) is 7.08. The smallest absolute Gasteiger partial charge is 0.347 e. The van der Waals surface area contributed by atoms with E-state index in [0.29, 0.717) is 17.0 Å². The van der Waals surface area contributed by atoms with E-state index in [1.807, 2.05) is 6.92 Å². The molecule has 1 rings (SSSR count). The molecular formula is C11H16N2O2S. The maximum absolute atomic E-state index is 10.9. The number of nitrogens with zero attached hydrogens (tertiary/aromatic N) is 1. The van der Waals surface area contributed by atoms with Crippen LogP contribution in [0.15, 0.2) is 12.7 Å². The molecule has 16 heavy (non-hydrogen) atoms. The van der Waals surface area contributed by atoms with Gasteiger partial charge in [0.2, 0.25) is 0 Å². The van der Waals surface area contributed by atoms with Crippen LogP contribution in [0.25, 0.3) is 0 Å². The predicted molar refractivity (Wildman–Crippen MR) is 65.2 cm³/mol. The number of aromatic carboxylic acids is 1. The van der Waals surface area contributed by atoms with Crippen molar-refractivity contribution in [3.8, 4) is 0 Å². The van der Waals surface area contributed by atoms with Crippen LogP contribution in [-0.4, -0.2) is 29.1 Å². The van der Waals surface area contributed by atoms with Crippen molar-refractivity contribution in [1.82, 2.24) is 10.3 Å². The van der Waals surface area contributed by atoms with E-state index in [9.17, 15) is 4.79 Å². The second kappa shape index (κ2) is 6.40. The minimum atomic E-state index is -0.875. The number of aryl methyl sites for hydroxylation is 1. The fraction of sp³-hybridized carbons (Fsp3) is 0.455. The van der Waals surface area contributed by atoms with Crippen LogP contribution in [0.2, 0.25) is 0 Å². The number of aromatic nitrogens is 1. The Morgan fingerprint density at radius 1 is 1.69 bits per heavy atom. The topological polar surface area (TPSA) is 62.2 Å². The van der Waals surface area contributed by atoms with Crippen LogP contribution in [0.3, 0.4) is 0 Å². The molecule has 0 aliphatic carbocycles. The van der Waals surface area contributed by atoms with Gasteiger partial charge in [0.1, 0.15) is 4.88 Å². The molecule has 5 heteroatoms. The van der Waals surface area contributed by atoms with Gasteiger partial charge in [-0.15, -0.1) is 17.9 Å². The van der Waals surface area contributed by atoms with Gasteiger partial charge < -0.3 is 10.4 Å². The SMILES string of the molecule is C=CCNCCc1nc(CC)c(C(=O)O)s1. The zero-order valence-corrected chi connectivity index (χ0v) is 10.1. The summed E-state index contributed by atoms with van der Waals surface area (Å²) < 4.78 is 0. The minimum absolute atomic E-state index is 0.376. The first-order valence-corrected chi connectivity index (χ1v) is 6.04. The highest BCUT2D eigenvalue weighted by molar-refractivity contribution is 7.13. The van der Waals surface area contributed by atoms with Crippen molar-refractivity contribution in [2.24, 2.45) is 0 Å². The highest BCUT2D eigenvalue weighted by Crippen LogP contribution is 2.19. The Kier molecular flexibility index (Phi) is 5.14. The number of carboxylic acid groups (broad SMARTS) is 1. The van der Waals surface area contributed by atoms with Gasteiger partial charge in [-0.25, -0.2) is 9.78 Å². The van der Waals surface area contributed by atoms with E-state index >= 15 is 0 Å². The maximum Gasteiger partial charge on any atom is 0.347 e. The minimum Gasteiger partial charge on any atom is -0.477 e. The summed E-state index contributed by atoms with van der Waals surface area (Å²) in [5.74, 6) is -0.875. The zero-order valence-electron chi connectivity index (χ0n) is 9.32. The second-order valence-electron chi connectivity index (χ2n) is 3.28. The number of thiazole rings is 1. The van der Waals surface area contributed by atoms with Crippen molar-refractivity contribution in [1.29, 1.82) is 0 Å². The standard InChI is InChI=1S/C11H16N2O2S/c1-3-6-12-7-5-9-13-8(4-2)10(16-9)11(14)15/h3,12H,1,4-7H2,2H3,(H,14,15). The van der Waals surface area contributed by atoms with Gasteiger partial charge in [-0.05, 0) is 6.42 Å². The molecule has 0 aromatic carbocycles. The molecule has 0 fully saturated rings. The Labute approximate surface area is 99.0 Å². The molecule has 1 heterocycles. The lowest BCUT2D eigenvalue weighted by Crippen LogP contribution is -2.16. The second-order valence-corrected chi connectivity index (χ2v) is 4.37. The van der Waals surface area contributed by atoms with Gasteiger partial charge >= 0.3 is 5.97 Å². The number of rotatable bonds is 7. The molecule has 0 bridgehead atoms. The summed E-state index contributed by atoms with van der Waals surface area (Å²) in [6.07, 6.45) is 3.22. The van der Waals surface area contributed by atoms with E-state index in [1.54, 1.807) is 6.08 Å². The van der Waals surface area contributed by atoms with Gasteiger partial charge in [0.15, 0.2) is 0 Å². The Balaban J connectivity index is 2.60. The molecule has 2 N–H and O–H groups in total. The highest BCUT2D eigenvalue weighted by Gasteiger charge is 2.15. The molecule has 4 nitrogen and oxygen atoms in total. The van der Waals surface area contributed by atoms with E-state index in [-0.39, 0.29) is 0 Å². The van der Waals surface area contributed by atoms with Crippen molar-refractivity contribution >= 4 is 17.3 Å². The number of carboxylic acids is 1. The summed E-state index contributed by atoms with van der Waals surface area (Å²) in [5.41, 5.74) is 0.691. The van der Waals surface area contributed by atoms with Crippen LogP contribution >= 0.6 is 11.3 Å². The van der Waals surface area contributed by atoms with Gasteiger partial charge in [0, 0.05) is 19.5 Å². The summed E-state index contributed by atoms with van der Waals surface area (Å²) in [4.78, 5) is 15.6. The monoisotopic (exact) mass is 240 g/mol. The first-order chi connectivity index (χ1) is 7.69. The number of nitrogens with one attached hydrogen (secondary N) is 1.